The fourth-order valence-corrected chi connectivity index (χ4v) is 1.52. The summed E-state index contributed by atoms with van der Waals surface area (Å²) in [6.45, 7) is 0.323. The van der Waals surface area contributed by atoms with E-state index in [-0.39, 0.29) is 24.1 Å². The van der Waals surface area contributed by atoms with Gasteiger partial charge in [0.25, 0.3) is 0 Å². The average molecular weight is 251 g/mol. The largest absolute Gasteiger partial charge is 0.492 e. The Morgan fingerprint density at radius 1 is 1.25 bits per heavy atom. The van der Waals surface area contributed by atoms with Crippen LogP contribution in [0.3, 0.4) is 0 Å². The van der Waals surface area contributed by atoms with Crippen molar-refractivity contribution in [1.29, 1.82) is 0 Å². The summed E-state index contributed by atoms with van der Waals surface area (Å²) in [6, 6.07) is 7.04. The molecule has 1 aromatic carbocycles. The highest BCUT2D eigenvalue weighted by atomic mass is 32.2. The van der Waals surface area contributed by atoms with Crippen molar-refractivity contribution in [1.82, 2.24) is 0 Å². The van der Waals surface area contributed by atoms with Gasteiger partial charge in [-0.1, -0.05) is 18.2 Å². The summed E-state index contributed by atoms with van der Waals surface area (Å²) in [5.74, 6) is 0.426. The SMILES string of the molecule is NCc1ccccc1OCCSC(F)(F)F. The lowest BCUT2D eigenvalue weighted by atomic mass is 10.2. The summed E-state index contributed by atoms with van der Waals surface area (Å²) in [6.07, 6.45) is 0. The number of rotatable bonds is 5. The first-order valence-corrected chi connectivity index (χ1v) is 5.63. The summed E-state index contributed by atoms with van der Waals surface area (Å²) in [5.41, 5.74) is 2.05. The van der Waals surface area contributed by atoms with Gasteiger partial charge in [0, 0.05) is 17.9 Å². The minimum atomic E-state index is -4.20. The van der Waals surface area contributed by atoms with Crippen LogP contribution in [0.15, 0.2) is 24.3 Å². The molecule has 0 heterocycles. The van der Waals surface area contributed by atoms with Gasteiger partial charge in [0.15, 0.2) is 0 Å². The summed E-state index contributed by atoms with van der Waals surface area (Å²) in [4.78, 5) is 0. The van der Waals surface area contributed by atoms with Crippen LogP contribution in [0.5, 0.6) is 5.75 Å². The van der Waals surface area contributed by atoms with Crippen molar-refractivity contribution in [2.75, 3.05) is 12.4 Å². The molecule has 0 aliphatic heterocycles. The molecule has 16 heavy (non-hydrogen) atoms. The highest BCUT2D eigenvalue weighted by Crippen LogP contribution is 2.29. The molecule has 0 aliphatic carbocycles. The van der Waals surface area contributed by atoms with Crippen LogP contribution < -0.4 is 10.5 Å². The first kappa shape index (κ1) is 13.2. The van der Waals surface area contributed by atoms with Gasteiger partial charge in [-0.3, -0.25) is 0 Å². The molecule has 2 nitrogen and oxygen atoms in total. The number of para-hydroxylation sites is 1. The lowest BCUT2D eigenvalue weighted by Crippen LogP contribution is -2.09. The third-order valence-corrected chi connectivity index (χ3v) is 2.50. The molecule has 2 N–H and O–H groups in total. The summed E-state index contributed by atoms with van der Waals surface area (Å²) in [5, 5.41) is 0. The lowest BCUT2D eigenvalue weighted by Gasteiger charge is -2.10. The maximum atomic E-state index is 11.8. The zero-order chi connectivity index (χ0) is 12.0. The second kappa shape index (κ2) is 6.00. The molecule has 90 valence electrons. The Morgan fingerprint density at radius 2 is 1.94 bits per heavy atom. The van der Waals surface area contributed by atoms with Gasteiger partial charge in [-0.05, 0) is 17.8 Å². The smallest absolute Gasteiger partial charge is 0.441 e. The fraction of sp³-hybridized carbons (Fsp3) is 0.400. The number of hydrogen-bond acceptors (Lipinski definition) is 3. The first-order valence-electron chi connectivity index (χ1n) is 4.64. The van der Waals surface area contributed by atoms with Gasteiger partial charge < -0.3 is 10.5 Å². The van der Waals surface area contributed by atoms with E-state index in [0.717, 1.165) is 5.56 Å². The van der Waals surface area contributed by atoms with Crippen LogP contribution in [0.4, 0.5) is 13.2 Å². The molecule has 1 aromatic rings. The molecule has 0 fully saturated rings. The van der Waals surface area contributed by atoms with Crippen LogP contribution in [0.2, 0.25) is 0 Å². The number of nitrogens with two attached hydrogens (primary N) is 1. The molecule has 0 amide bonds. The van der Waals surface area contributed by atoms with Crippen LogP contribution in [-0.2, 0) is 6.54 Å². The van der Waals surface area contributed by atoms with Crippen LogP contribution in [0.1, 0.15) is 5.56 Å². The van der Waals surface area contributed by atoms with Crippen LogP contribution in [0.25, 0.3) is 0 Å². The minimum Gasteiger partial charge on any atom is -0.492 e. The maximum absolute atomic E-state index is 11.8. The van der Waals surface area contributed by atoms with E-state index in [9.17, 15) is 13.2 Å². The molecular formula is C10H12F3NOS. The third-order valence-electron chi connectivity index (χ3n) is 1.80. The Hall–Kier alpha value is -0.880. The van der Waals surface area contributed by atoms with Crippen LogP contribution in [0, 0.1) is 0 Å². The molecule has 6 heteroatoms. The highest BCUT2D eigenvalue weighted by Gasteiger charge is 2.27. The summed E-state index contributed by atoms with van der Waals surface area (Å²) < 4.78 is 40.7. The second-order valence-electron chi connectivity index (χ2n) is 2.95. The van der Waals surface area contributed by atoms with Gasteiger partial charge in [0.05, 0.1) is 6.61 Å². The van der Waals surface area contributed by atoms with Crippen molar-refractivity contribution in [3.63, 3.8) is 0 Å². The predicted molar refractivity (Wildman–Crippen MR) is 58.3 cm³/mol. The van der Waals surface area contributed by atoms with Crippen molar-refractivity contribution in [2.45, 2.75) is 12.1 Å². The lowest BCUT2D eigenvalue weighted by molar-refractivity contribution is -0.0329. The fourth-order valence-electron chi connectivity index (χ4n) is 1.12. The number of benzene rings is 1. The Bertz CT molecular complexity index is 330. The van der Waals surface area contributed by atoms with Crippen molar-refractivity contribution < 1.29 is 17.9 Å². The standard InChI is InChI=1S/C10H12F3NOS/c11-10(12,13)16-6-5-15-9-4-2-1-3-8(9)7-14/h1-4H,5-7,14H2. The number of hydrogen-bond donors (Lipinski definition) is 1. The van der Waals surface area contributed by atoms with E-state index in [1.54, 1.807) is 24.3 Å². The monoisotopic (exact) mass is 251 g/mol. The summed E-state index contributed by atoms with van der Waals surface area (Å²) >= 11 is -0.0900. The molecule has 0 spiro atoms. The topological polar surface area (TPSA) is 35.2 Å². The van der Waals surface area contributed by atoms with E-state index < -0.39 is 5.51 Å². The van der Waals surface area contributed by atoms with Gasteiger partial charge in [-0.15, -0.1) is 0 Å². The molecule has 0 aromatic heterocycles. The molecule has 0 aliphatic rings. The van der Waals surface area contributed by atoms with Gasteiger partial charge in [-0.2, -0.15) is 13.2 Å². The van der Waals surface area contributed by atoms with Gasteiger partial charge in [-0.25, -0.2) is 0 Å². The number of halogens is 3. The zero-order valence-electron chi connectivity index (χ0n) is 8.46. The van der Waals surface area contributed by atoms with Crippen LogP contribution in [-0.4, -0.2) is 17.9 Å². The predicted octanol–water partition coefficient (Wildman–Crippen LogP) is 2.78. The van der Waals surface area contributed by atoms with Crippen molar-refractivity contribution in [3.8, 4) is 5.75 Å². The van der Waals surface area contributed by atoms with E-state index >= 15 is 0 Å². The number of thioether (sulfide) groups is 1. The third kappa shape index (κ3) is 4.76. The van der Waals surface area contributed by atoms with Gasteiger partial charge >= 0.3 is 5.51 Å². The number of alkyl halides is 3. The minimum absolute atomic E-state index is 0.0151. The molecule has 0 atom stereocenters. The molecule has 1 rings (SSSR count). The normalized spacial score (nSPS) is 11.5. The van der Waals surface area contributed by atoms with Crippen molar-refractivity contribution in [3.05, 3.63) is 29.8 Å². The van der Waals surface area contributed by atoms with E-state index in [1.807, 2.05) is 0 Å². The summed E-state index contributed by atoms with van der Waals surface area (Å²) in [7, 11) is 0. The Morgan fingerprint density at radius 3 is 2.56 bits per heavy atom. The molecule has 0 radical (unpaired) electrons. The van der Waals surface area contributed by atoms with Crippen LogP contribution >= 0.6 is 11.8 Å². The number of ether oxygens (including phenoxy) is 1. The van der Waals surface area contributed by atoms with E-state index in [1.165, 1.54) is 0 Å². The Balaban J connectivity index is 2.37. The Kier molecular flexibility index (Phi) is 4.95. The van der Waals surface area contributed by atoms with Gasteiger partial charge in [0.2, 0.25) is 0 Å². The molecule has 0 saturated carbocycles. The molecule has 0 unspecified atom stereocenters. The molecule has 0 bridgehead atoms. The quantitative estimate of drug-likeness (QED) is 0.817. The average Bonchev–Trinajstić information content (AvgIpc) is 2.23. The van der Waals surface area contributed by atoms with Gasteiger partial charge in [0.1, 0.15) is 5.75 Å². The Labute approximate surface area is 96.0 Å². The molecular weight excluding hydrogens is 239 g/mol. The first-order chi connectivity index (χ1) is 7.53. The second-order valence-corrected chi connectivity index (χ2v) is 4.11. The molecule has 0 saturated heterocycles. The van der Waals surface area contributed by atoms with E-state index in [0.29, 0.717) is 12.3 Å². The highest BCUT2D eigenvalue weighted by molar-refractivity contribution is 8.00. The maximum Gasteiger partial charge on any atom is 0.441 e. The van der Waals surface area contributed by atoms with Crippen molar-refractivity contribution in [2.24, 2.45) is 5.73 Å². The zero-order valence-corrected chi connectivity index (χ0v) is 9.27. The van der Waals surface area contributed by atoms with Crippen molar-refractivity contribution >= 4 is 11.8 Å². The van der Waals surface area contributed by atoms with E-state index in [4.69, 9.17) is 10.5 Å². The van der Waals surface area contributed by atoms with E-state index in [2.05, 4.69) is 0 Å².